The van der Waals surface area contributed by atoms with Crippen molar-refractivity contribution in [3.8, 4) is 6.07 Å². The highest BCUT2D eigenvalue weighted by Gasteiger charge is 2.42. The Morgan fingerprint density at radius 1 is 1.29 bits per heavy atom. The lowest BCUT2D eigenvalue weighted by molar-refractivity contribution is 0.0896. The molecule has 0 radical (unpaired) electrons. The van der Waals surface area contributed by atoms with Crippen LogP contribution in [0.1, 0.15) is 78.6 Å². The Kier molecular flexibility index (Phi) is 6.08. The number of nitrogens with one attached hydrogen (secondary N) is 1. The lowest BCUT2D eigenvalue weighted by Crippen LogP contribution is -2.54. The van der Waals surface area contributed by atoms with Crippen LogP contribution in [0.15, 0.2) is 0 Å². The van der Waals surface area contributed by atoms with E-state index in [4.69, 9.17) is 0 Å². The van der Waals surface area contributed by atoms with Crippen LogP contribution in [-0.4, -0.2) is 35.1 Å². The highest BCUT2D eigenvalue weighted by atomic mass is 15.2. The predicted molar refractivity (Wildman–Crippen MR) is 88.1 cm³/mol. The Morgan fingerprint density at radius 2 is 2.05 bits per heavy atom. The zero-order valence-electron chi connectivity index (χ0n) is 14.2. The fourth-order valence-electron chi connectivity index (χ4n) is 3.82. The fraction of sp³-hybridized carbons (Fsp3) is 0.944. The van der Waals surface area contributed by atoms with Crippen LogP contribution in [0.3, 0.4) is 0 Å². The number of rotatable bonds is 8. The summed E-state index contributed by atoms with van der Waals surface area (Å²) in [7, 11) is 0. The molecule has 0 aromatic carbocycles. The van der Waals surface area contributed by atoms with E-state index in [-0.39, 0.29) is 5.54 Å². The highest BCUT2D eigenvalue weighted by molar-refractivity contribution is 5.13. The molecule has 0 saturated heterocycles. The number of hydrogen-bond donors (Lipinski definition) is 1. The van der Waals surface area contributed by atoms with E-state index in [9.17, 15) is 5.26 Å². The minimum Gasteiger partial charge on any atom is -0.298 e. The summed E-state index contributed by atoms with van der Waals surface area (Å²) in [6, 6.07) is 4.43. The fourth-order valence-corrected chi connectivity index (χ4v) is 3.82. The maximum absolute atomic E-state index is 9.74. The van der Waals surface area contributed by atoms with Crippen LogP contribution in [0, 0.1) is 11.3 Å². The second-order valence-corrected chi connectivity index (χ2v) is 7.40. The zero-order valence-corrected chi connectivity index (χ0v) is 14.2. The second kappa shape index (κ2) is 7.61. The summed E-state index contributed by atoms with van der Waals surface area (Å²) in [6.07, 6.45) is 10.9. The van der Waals surface area contributed by atoms with Gasteiger partial charge in [0.1, 0.15) is 5.54 Å². The van der Waals surface area contributed by atoms with Crippen LogP contribution >= 0.6 is 0 Å². The lowest BCUT2D eigenvalue weighted by atomic mass is 9.78. The molecule has 0 amide bonds. The Balaban J connectivity index is 1.97. The summed E-state index contributed by atoms with van der Waals surface area (Å²) in [6.45, 7) is 8.08. The van der Waals surface area contributed by atoms with Gasteiger partial charge < -0.3 is 0 Å². The molecule has 2 atom stereocenters. The minimum atomic E-state index is -0.248. The molecule has 1 N–H and O–H groups in total. The van der Waals surface area contributed by atoms with E-state index in [1.807, 2.05) is 0 Å². The van der Waals surface area contributed by atoms with Gasteiger partial charge in [-0.05, 0) is 65.3 Å². The van der Waals surface area contributed by atoms with E-state index in [2.05, 4.69) is 37.1 Å². The molecular formula is C18H33N3. The third kappa shape index (κ3) is 4.69. The summed E-state index contributed by atoms with van der Waals surface area (Å²) in [5.74, 6) is 0. The summed E-state index contributed by atoms with van der Waals surface area (Å²) >= 11 is 0. The van der Waals surface area contributed by atoms with Crippen LogP contribution in [-0.2, 0) is 0 Å². The van der Waals surface area contributed by atoms with Crippen molar-refractivity contribution in [1.29, 1.82) is 5.26 Å². The van der Waals surface area contributed by atoms with E-state index >= 15 is 0 Å². The third-order valence-corrected chi connectivity index (χ3v) is 5.15. The Bertz CT molecular complexity index is 356. The first-order valence-electron chi connectivity index (χ1n) is 9.05. The summed E-state index contributed by atoms with van der Waals surface area (Å²) < 4.78 is 0. The largest absolute Gasteiger partial charge is 0.298 e. The quantitative estimate of drug-likeness (QED) is 0.691. The van der Waals surface area contributed by atoms with Gasteiger partial charge in [0, 0.05) is 18.1 Å². The number of unbranched alkanes of at least 4 members (excludes halogenated alkanes) is 2. The number of nitriles is 1. The molecule has 0 aliphatic heterocycles. The summed E-state index contributed by atoms with van der Waals surface area (Å²) in [5.41, 5.74) is -0.248. The van der Waals surface area contributed by atoms with E-state index in [1.54, 1.807) is 0 Å². The van der Waals surface area contributed by atoms with Crippen molar-refractivity contribution < 1.29 is 0 Å². The van der Waals surface area contributed by atoms with Crippen molar-refractivity contribution in [1.82, 2.24) is 10.2 Å². The van der Waals surface area contributed by atoms with Crippen molar-refractivity contribution >= 4 is 0 Å². The van der Waals surface area contributed by atoms with Gasteiger partial charge in [0.25, 0.3) is 0 Å². The van der Waals surface area contributed by atoms with Crippen molar-refractivity contribution in [2.75, 3.05) is 6.54 Å². The predicted octanol–water partition coefficient (Wildman–Crippen LogP) is 3.84. The van der Waals surface area contributed by atoms with E-state index < -0.39 is 0 Å². The van der Waals surface area contributed by atoms with Gasteiger partial charge in [-0.1, -0.05) is 19.8 Å². The molecule has 2 fully saturated rings. The number of hydrogen-bond acceptors (Lipinski definition) is 3. The van der Waals surface area contributed by atoms with E-state index in [0.29, 0.717) is 18.1 Å². The third-order valence-electron chi connectivity index (χ3n) is 5.15. The molecule has 0 aromatic heterocycles. The van der Waals surface area contributed by atoms with Gasteiger partial charge in [0.05, 0.1) is 6.07 Å². The van der Waals surface area contributed by atoms with Gasteiger partial charge in [0.15, 0.2) is 0 Å². The molecule has 2 rings (SSSR count). The SMILES string of the molecule is CCCCCN(C(C)C)C1CCCC(C#N)(NC2CC2)C1. The van der Waals surface area contributed by atoms with Gasteiger partial charge in [-0.3, -0.25) is 10.2 Å². The minimum absolute atomic E-state index is 0.248. The van der Waals surface area contributed by atoms with Gasteiger partial charge in [-0.15, -0.1) is 0 Å². The van der Waals surface area contributed by atoms with Gasteiger partial charge >= 0.3 is 0 Å². The van der Waals surface area contributed by atoms with Gasteiger partial charge in [0.2, 0.25) is 0 Å². The van der Waals surface area contributed by atoms with Crippen molar-refractivity contribution in [2.24, 2.45) is 0 Å². The van der Waals surface area contributed by atoms with E-state index in [1.165, 1.54) is 51.5 Å². The molecule has 120 valence electrons. The molecule has 2 aliphatic rings. The zero-order chi connectivity index (χ0) is 15.3. The molecule has 0 bridgehead atoms. The van der Waals surface area contributed by atoms with Crippen LogP contribution in [0.5, 0.6) is 0 Å². The summed E-state index contributed by atoms with van der Waals surface area (Å²) in [5, 5.41) is 13.4. The monoisotopic (exact) mass is 291 g/mol. The maximum atomic E-state index is 9.74. The van der Waals surface area contributed by atoms with Gasteiger partial charge in [-0.2, -0.15) is 5.26 Å². The first-order valence-corrected chi connectivity index (χ1v) is 9.05. The lowest BCUT2D eigenvalue weighted by Gasteiger charge is -2.43. The maximum Gasteiger partial charge on any atom is 0.108 e. The first-order chi connectivity index (χ1) is 10.1. The molecule has 3 heteroatoms. The molecule has 0 heterocycles. The smallest absolute Gasteiger partial charge is 0.108 e. The van der Waals surface area contributed by atoms with Crippen LogP contribution < -0.4 is 5.32 Å². The molecule has 0 aromatic rings. The average Bonchev–Trinajstić information content (AvgIpc) is 3.27. The van der Waals surface area contributed by atoms with Crippen molar-refractivity contribution in [3.05, 3.63) is 0 Å². The molecular weight excluding hydrogens is 258 g/mol. The van der Waals surface area contributed by atoms with Crippen LogP contribution in [0.2, 0.25) is 0 Å². The highest BCUT2D eigenvalue weighted by Crippen LogP contribution is 2.35. The average molecular weight is 291 g/mol. The molecule has 21 heavy (non-hydrogen) atoms. The van der Waals surface area contributed by atoms with Crippen LogP contribution in [0.25, 0.3) is 0 Å². The summed E-state index contributed by atoms with van der Waals surface area (Å²) in [4.78, 5) is 2.66. The molecule has 2 saturated carbocycles. The van der Waals surface area contributed by atoms with Crippen LogP contribution in [0.4, 0.5) is 0 Å². The second-order valence-electron chi connectivity index (χ2n) is 7.40. The number of nitrogens with zero attached hydrogens (tertiary/aromatic N) is 2. The molecule has 2 aliphatic carbocycles. The normalized spacial score (nSPS) is 29.8. The standard InChI is InChI=1S/C18H33N3/c1-4-5-6-12-21(15(2)3)17-8-7-11-18(13-17,14-19)20-16-9-10-16/h15-17,20H,4-13H2,1-3H3. The Morgan fingerprint density at radius 3 is 2.62 bits per heavy atom. The molecule has 3 nitrogen and oxygen atoms in total. The van der Waals surface area contributed by atoms with Gasteiger partial charge in [-0.25, -0.2) is 0 Å². The topological polar surface area (TPSA) is 39.1 Å². The Hall–Kier alpha value is -0.590. The Labute approximate surface area is 131 Å². The van der Waals surface area contributed by atoms with E-state index in [0.717, 1.165) is 12.8 Å². The molecule has 0 spiro atoms. The van der Waals surface area contributed by atoms with Crippen molar-refractivity contribution in [3.63, 3.8) is 0 Å². The van der Waals surface area contributed by atoms with Crippen molar-refractivity contribution in [2.45, 2.75) is 102 Å². The first kappa shape index (κ1) is 16.8. The molecule has 2 unspecified atom stereocenters.